The quantitative estimate of drug-likeness (QED) is 0.0377. The summed E-state index contributed by atoms with van der Waals surface area (Å²) in [5.74, 6) is -0.155. The average molecular weight is 706 g/mol. The third kappa shape index (κ3) is 35.2. The number of allylic oxidation sites excluding steroid dienone is 4. The summed E-state index contributed by atoms with van der Waals surface area (Å²) in [4.78, 5) is 12.4. The molecular weight excluding hydrogens is 618 g/mol. The van der Waals surface area contributed by atoms with E-state index in [9.17, 15) is 20.1 Å². The molecule has 0 fully saturated rings. The van der Waals surface area contributed by atoms with E-state index in [1.165, 1.54) is 161 Å². The fourth-order valence-electron chi connectivity index (χ4n) is 6.83. The van der Waals surface area contributed by atoms with Crippen LogP contribution in [0.25, 0.3) is 0 Å². The lowest BCUT2D eigenvalue weighted by Crippen LogP contribution is -2.50. The van der Waals surface area contributed by atoms with Gasteiger partial charge in [-0.2, -0.15) is 0 Å². The summed E-state index contributed by atoms with van der Waals surface area (Å²) in [6.45, 7) is 4.17. The van der Waals surface area contributed by atoms with Crippen LogP contribution in [0.3, 0.4) is 0 Å². The molecule has 0 rings (SSSR count). The summed E-state index contributed by atoms with van der Waals surface area (Å²) in [7, 11) is 0. The Balaban J connectivity index is 3.65. The molecule has 0 aromatic rings. The van der Waals surface area contributed by atoms with E-state index in [2.05, 4.69) is 43.5 Å². The SMILES string of the molecule is CCCCCCCCC/C=C/CC/C=C/CCCC(O)C(O)C(CO)NC(=O)CCCCCCCCCCCCCCCCCCCCCC. The van der Waals surface area contributed by atoms with Crippen LogP contribution in [0.4, 0.5) is 0 Å². The molecule has 50 heavy (non-hydrogen) atoms. The number of hydrogen-bond acceptors (Lipinski definition) is 4. The Labute approximate surface area is 312 Å². The highest BCUT2D eigenvalue weighted by Crippen LogP contribution is 2.16. The van der Waals surface area contributed by atoms with Crippen LogP contribution in [0.2, 0.25) is 0 Å². The van der Waals surface area contributed by atoms with Crippen molar-refractivity contribution in [1.29, 1.82) is 0 Å². The topological polar surface area (TPSA) is 89.8 Å². The van der Waals surface area contributed by atoms with Crippen LogP contribution in [0.15, 0.2) is 24.3 Å². The number of hydrogen-bond donors (Lipinski definition) is 4. The Hall–Kier alpha value is -1.17. The van der Waals surface area contributed by atoms with Crippen molar-refractivity contribution in [3.8, 4) is 0 Å². The first kappa shape index (κ1) is 48.8. The van der Waals surface area contributed by atoms with Gasteiger partial charge in [-0.15, -0.1) is 0 Å². The number of carbonyl (C=O) groups excluding carboxylic acids is 1. The predicted molar refractivity (Wildman–Crippen MR) is 218 cm³/mol. The highest BCUT2D eigenvalue weighted by atomic mass is 16.3. The van der Waals surface area contributed by atoms with Gasteiger partial charge in [0.2, 0.25) is 5.91 Å². The van der Waals surface area contributed by atoms with Crippen molar-refractivity contribution in [1.82, 2.24) is 5.32 Å². The number of amides is 1. The van der Waals surface area contributed by atoms with Crippen molar-refractivity contribution >= 4 is 5.91 Å². The fraction of sp³-hybridized carbons (Fsp3) is 0.889. The van der Waals surface area contributed by atoms with Gasteiger partial charge in [-0.05, 0) is 51.4 Å². The van der Waals surface area contributed by atoms with E-state index >= 15 is 0 Å². The van der Waals surface area contributed by atoms with Crippen molar-refractivity contribution in [2.45, 2.75) is 250 Å². The molecule has 4 N–H and O–H groups in total. The Morgan fingerprint density at radius 2 is 0.820 bits per heavy atom. The number of nitrogens with one attached hydrogen (secondary N) is 1. The van der Waals surface area contributed by atoms with Gasteiger partial charge in [0, 0.05) is 6.42 Å². The molecular formula is C45H87NO4. The molecule has 0 aromatic carbocycles. The molecule has 5 nitrogen and oxygen atoms in total. The van der Waals surface area contributed by atoms with Crippen molar-refractivity contribution in [3.05, 3.63) is 24.3 Å². The van der Waals surface area contributed by atoms with Gasteiger partial charge in [-0.25, -0.2) is 0 Å². The van der Waals surface area contributed by atoms with Gasteiger partial charge in [0.05, 0.1) is 18.8 Å². The molecule has 3 atom stereocenters. The molecule has 0 aromatic heterocycles. The van der Waals surface area contributed by atoms with Gasteiger partial charge in [0.25, 0.3) is 0 Å². The number of unbranched alkanes of at least 4 members (excludes halogenated alkanes) is 28. The number of carbonyl (C=O) groups is 1. The molecule has 0 spiro atoms. The second-order valence-corrected chi connectivity index (χ2v) is 15.2. The van der Waals surface area contributed by atoms with E-state index in [0.717, 1.165) is 44.9 Å². The van der Waals surface area contributed by atoms with Crippen molar-refractivity contribution < 1.29 is 20.1 Å². The van der Waals surface area contributed by atoms with E-state index in [1.807, 2.05) is 0 Å². The largest absolute Gasteiger partial charge is 0.394 e. The first-order valence-electron chi connectivity index (χ1n) is 22.1. The smallest absolute Gasteiger partial charge is 0.220 e. The summed E-state index contributed by atoms with van der Waals surface area (Å²) in [5.41, 5.74) is 0. The van der Waals surface area contributed by atoms with Gasteiger partial charge >= 0.3 is 0 Å². The van der Waals surface area contributed by atoms with E-state index in [1.54, 1.807) is 0 Å². The second kappa shape index (κ2) is 40.6. The Bertz CT molecular complexity index is 739. The van der Waals surface area contributed by atoms with Crippen LogP contribution in [0, 0.1) is 0 Å². The van der Waals surface area contributed by atoms with Gasteiger partial charge in [-0.1, -0.05) is 199 Å². The molecule has 0 bridgehead atoms. The summed E-state index contributed by atoms with van der Waals surface area (Å²) >= 11 is 0. The third-order valence-electron chi connectivity index (χ3n) is 10.3. The molecule has 0 aliphatic rings. The van der Waals surface area contributed by atoms with E-state index < -0.39 is 18.2 Å². The number of aliphatic hydroxyl groups excluding tert-OH is 3. The average Bonchev–Trinajstić information content (AvgIpc) is 3.12. The Morgan fingerprint density at radius 1 is 0.480 bits per heavy atom. The molecule has 3 unspecified atom stereocenters. The predicted octanol–water partition coefficient (Wildman–Crippen LogP) is 12.6. The maximum absolute atomic E-state index is 12.4. The van der Waals surface area contributed by atoms with Gasteiger partial charge < -0.3 is 20.6 Å². The minimum absolute atomic E-state index is 0.155. The zero-order chi connectivity index (χ0) is 36.6. The monoisotopic (exact) mass is 706 g/mol. The molecule has 0 radical (unpaired) electrons. The fourth-order valence-corrected chi connectivity index (χ4v) is 6.83. The third-order valence-corrected chi connectivity index (χ3v) is 10.3. The summed E-state index contributed by atoms with van der Waals surface area (Å²) in [6, 6.07) is -0.828. The van der Waals surface area contributed by atoms with Crippen molar-refractivity contribution in [2.75, 3.05) is 6.61 Å². The first-order chi connectivity index (χ1) is 24.6. The lowest BCUT2D eigenvalue weighted by Gasteiger charge is -2.26. The maximum Gasteiger partial charge on any atom is 0.220 e. The first-order valence-corrected chi connectivity index (χ1v) is 22.1. The van der Waals surface area contributed by atoms with Gasteiger partial charge in [0.15, 0.2) is 0 Å². The zero-order valence-corrected chi connectivity index (χ0v) is 33.5. The summed E-state index contributed by atoms with van der Waals surface area (Å²) < 4.78 is 0. The van der Waals surface area contributed by atoms with E-state index in [-0.39, 0.29) is 12.5 Å². The lowest BCUT2D eigenvalue weighted by atomic mass is 10.0. The Morgan fingerprint density at radius 3 is 1.22 bits per heavy atom. The molecule has 1 amide bonds. The molecule has 0 saturated carbocycles. The summed E-state index contributed by atoms with van der Waals surface area (Å²) in [6.07, 6.45) is 48.6. The maximum atomic E-state index is 12.4. The normalized spacial score (nSPS) is 13.8. The lowest BCUT2D eigenvalue weighted by molar-refractivity contribution is -0.124. The highest BCUT2D eigenvalue weighted by Gasteiger charge is 2.26. The van der Waals surface area contributed by atoms with Crippen LogP contribution in [0.5, 0.6) is 0 Å². The van der Waals surface area contributed by atoms with Gasteiger partial charge in [-0.3, -0.25) is 4.79 Å². The van der Waals surface area contributed by atoms with Crippen LogP contribution in [0.1, 0.15) is 232 Å². The van der Waals surface area contributed by atoms with Crippen molar-refractivity contribution in [2.24, 2.45) is 0 Å². The minimum atomic E-state index is -1.16. The highest BCUT2D eigenvalue weighted by molar-refractivity contribution is 5.76. The van der Waals surface area contributed by atoms with Crippen molar-refractivity contribution in [3.63, 3.8) is 0 Å². The van der Waals surface area contributed by atoms with E-state index in [4.69, 9.17) is 0 Å². The molecule has 0 saturated heterocycles. The molecule has 0 heterocycles. The standard InChI is InChI=1S/C45H87NO4/c1-3-5-7-9-11-13-15-17-19-21-22-23-24-26-28-30-32-34-36-38-40-44(49)46-42(41-47)45(50)43(48)39-37-35-33-31-29-27-25-20-18-16-14-12-10-8-6-4-2/h20,25,31,33,42-43,45,47-48,50H,3-19,21-24,26-30,32,34-41H2,1-2H3,(H,46,49)/b25-20+,33-31+. The molecule has 0 aliphatic heterocycles. The number of aliphatic hydroxyl groups is 3. The minimum Gasteiger partial charge on any atom is -0.394 e. The van der Waals surface area contributed by atoms with Crippen LogP contribution >= 0.6 is 0 Å². The zero-order valence-electron chi connectivity index (χ0n) is 33.5. The van der Waals surface area contributed by atoms with Crippen LogP contribution in [-0.4, -0.2) is 46.1 Å². The van der Waals surface area contributed by atoms with Crippen LogP contribution in [-0.2, 0) is 4.79 Å². The number of rotatable bonds is 40. The second-order valence-electron chi connectivity index (χ2n) is 15.2. The molecule has 5 heteroatoms. The molecule has 296 valence electrons. The Kier molecular flexibility index (Phi) is 39.6. The van der Waals surface area contributed by atoms with Gasteiger partial charge in [0.1, 0.15) is 6.10 Å². The molecule has 0 aliphatic carbocycles. The van der Waals surface area contributed by atoms with E-state index in [0.29, 0.717) is 12.8 Å². The summed E-state index contributed by atoms with van der Waals surface area (Å²) in [5, 5.41) is 33.5. The van der Waals surface area contributed by atoms with Crippen LogP contribution < -0.4 is 5.32 Å².